The lowest BCUT2D eigenvalue weighted by Gasteiger charge is -2.36. The van der Waals surface area contributed by atoms with Gasteiger partial charge in [0, 0.05) is 36.7 Å². The molecule has 9 nitrogen and oxygen atoms in total. The van der Waals surface area contributed by atoms with E-state index in [1.807, 2.05) is 37.3 Å². The van der Waals surface area contributed by atoms with Gasteiger partial charge in [-0.3, -0.25) is 14.5 Å². The average Bonchev–Trinajstić information content (AvgIpc) is 3.46. The van der Waals surface area contributed by atoms with E-state index in [1.165, 1.54) is 36.5 Å². The fraction of sp³-hybridized carbons (Fsp3) is 0.371. The molecule has 2 aromatic carbocycles. The van der Waals surface area contributed by atoms with Crippen molar-refractivity contribution in [1.29, 1.82) is 0 Å². The van der Waals surface area contributed by atoms with Gasteiger partial charge in [-0.25, -0.2) is 9.97 Å². The van der Waals surface area contributed by atoms with Gasteiger partial charge in [0.2, 0.25) is 0 Å². The minimum Gasteiger partial charge on any atom is -0.459 e. The Labute approximate surface area is 306 Å². The number of esters is 1. The zero-order valence-corrected chi connectivity index (χ0v) is 28.9. The number of aromatic nitrogens is 3. The predicted molar refractivity (Wildman–Crippen MR) is 179 cm³/mol. The molecule has 4 rings (SSSR count). The van der Waals surface area contributed by atoms with Crippen LogP contribution in [0.1, 0.15) is 47.9 Å². The van der Waals surface area contributed by atoms with Gasteiger partial charge in [0.1, 0.15) is 11.6 Å². The number of anilines is 2. The largest absolute Gasteiger partial charge is 0.460 e. The highest BCUT2D eigenvalue weighted by molar-refractivity contribution is 6.07. The smallest absolute Gasteiger partial charge is 0.459 e. The number of alkyl halides is 11. The third kappa shape index (κ3) is 8.77. The summed E-state index contributed by atoms with van der Waals surface area (Å²) in [6.45, 7) is -1.41. The number of allylic oxidation sites excluding steroid dienone is 1. The number of fused-ring (bicyclic) bond motifs is 1. The summed E-state index contributed by atoms with van der Waals surface area (Å²) in [7, 11) is 1.74. The Morgan fingerprint density at radius 1 is 0.891 bits per heavy atom. The van der Waals surface area contributed by atoms with Crippen molar-refractivity contribution in [2.45, 2.75) is 62.6 Å². The lowest BCUT2D eigenvalue weighted by molar-refractivity contribution is -0.423. The summed E-state index contributed by atoms with van der Waals surface area (Å²) in [5.41, 5.74) is 9.38. The van der Waals surface area contributed by atoms with Crippen LogP contribution in [0.2, 0.25) is 0 Å². The number of nitrogens with two attached hydrogens (primary N) is 1. The molecular formula is C35H33F11N6O3. The Bertz CT molecular complexity index is 2000. The maximum Gasteiger partial charge on any atom is 0.460 e. The number of halogens is 11. The summed E-state index contributed by atoms with van der Waals surface area (Å²) >= 11 is 0. The topological polar surface area (TPSA) is 115 Å². The van der Waals surface area contributed by atoms with Crippen LogP contribution in [0.25, 0.3) is 16.7 Å². The number of benzene rings is 2. The number of aryl methyl sites for hydroxylation is 1. The number of nitrogens with zero attached hydrogens (tertiary/aromatic N) is 4. The number of amides is 1. The van der Waals surface area contributed by atoms with E-state index in [9.17, 15) is 57.9 Å². The molecule has 0 saturated carbocycles. The molecule has 0 spiro atoms. The summed E-state index contributed by atoms with van der Waals surface area (Å²) in [4.78, 5) is 35.4. The molecule has 1 amide bonds. The van der Waals surface area contributed by atoms with E-state index in [2.05, 4.69) is 20.0 Å². The summed E-state index contributed by atoms with van der Waals surface area (Å²) in [6.07, 6.45) is -3.39. The fourth-order valence-corrected chi connectivity index (χ4v) is 5.05. The SMILES string of the molecule is CCC/C=C(/N)c1ccc(NCc2nc3cc(C(=O)N(CCC(=O)OCC(F)(F)C(F)(F)C(F)(F)C(F)(F)C(F)(F)F)c4ccccn4)ccc3n2C)cc1. The van der Waals surface area contributed by atoms with Gasteiger partial charge in [0.25, 0.3) is 5.91 Å². The molecule has 4 aromatic rings. The van der Waals surface area contributed by atoms with Crippen LogP contribution in [0.5, 0.6) is 0 Å². The molecule has 2 aromatic heterocycles. The quantitative estimate of drug-likeness (QED) is 0.0866. The first-order valence-corrected chi connectivity index (χ1v) is 16.3. The van der Waals surface area contributed by atoms with Crippen molar-refractivity contribution in [3.8, 4) is 0 Å². The molecule has 298 valence electrons. The molecule has 0 atom stereocenters. The Kier molecular flexibility index (Phi) is 12.4. The zero-order valence-electron chi connectivity index (χ0n) is 28.9. The molecule has 0 aliphatic carbocycles. The highest BCUT2D eigenvalue weighted by Crippen LogP contribution is 2.57. The third-order valence-corrected chi connectivity index (χ3v) is 8.27. The lowest BCUT2D eigenvalue weighted by Crippen LogP contribution is -2.67. The monoisotopic (exact) mass is 794 g/mol. The first kappa shape index (κ1) is 42.3. The minimum atomic E-state index is -7.64. The highest BCUT2D eigenvalue weighted by Gasteiger charge is 2.87. The second-order valence-electron chi connectivity index (χ2n) is 12.2. The van der Waals surface area contributed by atoms with Crippen LogP contribution in [-0.2, 0) is 23.1 Å². The van der Waals surface area contributed by atoms with Crippen molar-refractivity contribution < 1.29 is 62.6 Å². The predicted octanol–water partition coefficient (Wildman–Crippen LogP) is 8.36. The van der Waals surface area contributed by atoms with Gasteiger partial charge < -0.3 is 20.4 Å². The van der Waals surface area contributed by atoms with Crippen LogP contribution < -0.4 is 16.0 Å². The molecule has 0 aliphatic heterocycles. The molecule has 0 saturated heterocycles. The van der Waals surface area contributed by atoms with Gasteiger partial charge >= 0.3 is 35.8 Å². The van der Waals surface area contributed by atoms with Crippen molar-refractivity contribution in [3.05, 3.63) is 89.9 Å². The third-order valence-electron chi connectivity index (χ3n) is 8.27. The Balaban J connectivity index is 1.46. The summed E-state index contributed by atoms with van der Waals surface area (Å²) < 4.78 is 152. The number of imidazole rings is 1. The number of hydrogen-bond donors (Lipinski definition) is 2. The molecule has 20 heteroatoms. The molecule has 2 heterocycles. The first-order chi connectivity index (χ1) is 25.6. The second kappa shape index (κ2) is 16.1. The van der Waals surface area contributed by atoms with E-state index in [0.717, 1.165) is 29.0 Å². The second-order valence-corrected chi connectivity index (χ2v) is 12.2. The van der Waals surface area contributed by atoms with E-state index in [0.29, 0.717) is 22.6 Å². The summed E-state index contributed by atoms with van der Waals surface area (Å²) in [6, 6.07) is 16.0. The zero-order chi connectivity index (χ0) is 41.0. The van der Waals surface area contributed by atoms with Crippen LogP contribution in [0.3, 0.4) is 0 Å². The van der Waals surface area contributed by atoms with Crippen molar-refractivity contribution in [3.63, 3.8) is 0 Å². The number of carbonyl (C=O) groups excluding carboxylic acids is 2. The standard InChI is InChI=1S/C35H33F11N6O3/c1-3-4-7-24(47)21-9-12-23(13-10-21)49-19-28-50-25-18-22(11-14-26(25)51(28)2)30(54)52(27-8-5-6-16-48-27)17-15-29(53)55-20-31(36,37)32(38,39)33(40,41)34(42,43)35(44,45)46/h5-14,16,18,49H,3-4,15,17,19-20,47H2,1-2H3/b24-7+. The number of nitrogens with one attached hydrogen (secondary N) is 1. The van der Waals surface area contributed by atoms with Crippen LogP contribution in [-0.4, -0.2) is 69.4 Å². The fourth-order valence-electron chi connectivity index (χ4n) is 5.05. The summed E-state index contributed by atoms with van der Waals surface area (Å²) in [5.74, 6) is -31.1. The van der Waals surface area contributed by atoms with Crippen molar-refractivity contribution in [2.75, 3.05) is 23.4 Å². The first-order valence-electron chi connectivity index (χ1n) is 16.3. The summed E-state index contributed by atoms with van der Waals surface area (Å²) in [5, 5.41) is 3.25. The molecule has 55 heavy (non-hydrogen) atoms. The van der Waals surface area contributed by atoms with Crippen LogP contribution in [0.15, 0.2) is 72.9 Å². The molecule has 0 bridgehead atoms. The maximum atomic E-state index is 14.1. The van der Waals surface area contributed by atoms with Gasteiger partial charge in [-0.15, -0.1) is 0 Å². The van der Waals surface area contributed by atoms with Gasteiger partial charge in [-0.1, -0.05) is 37.6 Å². The highest BCUT2D eigenvalue weighted by atomic mass is 19.4. The van der Waals surface area contributed by atoms with Crippen LogP contribution >= 0.6 is 0 Å². The molecule has 0 aliphatic rings. The Morgan fingerprint density at radius 3 is 2.15 bits per heavy atom. The molecule has 0 fully saturated rings. The Hall–Kier alpha value is -5.43. The molecule has 0 radical (unpaired) electrons. The molecular weight excluding hydrogens is 761 g/mol. The number of hydrogen-bond acceptors (Lipinski definition) is 7. The van der Waals surface area contributed by atoms with Gasteiger partial charge in [-0.2, -0.15) is 48.3 Å². The van der Waals surface area contributed by atoms with Gasteiger partial charge in [-0.05, 0) is 54.4 Å². The van der Waals surface area contributed by atoms with Crippen molar-refractivity contribution in [2.24, 2.45) is 12.8 Å². The Morgan fingerprint density at radius 2 is 1.55 bits per heavy atom. The van der Waals surface area contributed by atoms with E-state index >= 15 is 0 Å². The van der Waals surface area contributed by atoms with Crippen molar-refractivity contribution in [1.82, 2.24) is 14.5 Å². The average molecular weight is 795 g/mol. The van der Waals surface area contributed by atoms with Crippen LogP contribution in [0.4, 0.5) is 59.8 Å². The van der Waals surface area contributed by atoms with E-state index in [-0.39, 0.29) is 17.9 Å². The van der Waals surface area contributed by atoms with Crippen molar-refractivity contribution >= 4 is 40.1 Å². The van der Waals surface area contributed by atoms with Gasteiger partial charge in [0.05, 0.1) is 24.0 Å². The number of carbonyl (C=O) groups is 2. The number of ether oxygens (including phenoxy) is 1. The number of rotatable bonds is 16. The number of unbranched alkanes of at least 4 members (excludes halogenated alkanes) is 1. The van der Waals surface area contributed by atoms with E-state index in [1.54, 1.807) is 17.7 Å². The lowest BCUT2D eigenvalue weighted by atomic mass is 9.98. The maximum absolute atomic E-state index is 14.1. The normalized spacial score (nSPS) is 13.2. The minimum absolute atomic E-state index is 0.00700. The van der Waals surface area contributed by atoms with E-state index in [4.69, 9.17) is 5.73 Å². The van der Waals surface area contributed by atoms with E-state index < -0.39 is 61.3 Å². The number of pyridine rings is 1. The molecule has 3 N–H and O–H groups in total. The van der Waals surface area contributed by atoms with Crippen LogP contribution in [0, 0.1) is 0 Å². The van der Waals surface area contributed by atoms with Gasteiger partial charge in [0.15, 0.2) is 6.61 Å². The molecule has 0 unspecified atom stereocenters.